The normalized spacial score (nSPS) is 20.9. The fraction of sp³-hybridized carbons (Fsp3) is 0.412. The zero-order valence-electron chi connectivity index (χ0n) is 11.8. The van der Waals surface area contributed by atoms with Crippen LogP contribution in [0.15, 0.2) is 36.9 Å². The highest BCUT2D eigenvalue weighted by molar-refractivity contribution is 5.86. The maximum Gasteiger partial charge on any atom is 0.0513 e. The monoisotopic (exact) mass is 271 g/mol. The van der Waals surface area contributed by atoms with Crippen LogP contribution < -0.4 is 0 Å². The molecule has 2 aromatic rings. The lowest BCUT2D eigenvalue weighted by Crippen LogP contribution is -2.38. The Bertz CT molecular complexity index is 652. The van der Waals surface area contributed by atoms with Crippen molar-refractivity contribution in [2.75, 3.05) is 13.2 Å². The summed E-state index contributed by atoms with van der Waals surface area (Å²) < 4.78 is 2.19. The SMILES string of the molecule is C=CC1CC(CO)(CO)Cc2c1c1ccccc1n2C. The molecule has 0 saturated heterocycles. The van der Waals surface area contributed by atoms with Crippen LogP contribution in [0.4, 0.5) is 0 Å². The van der Waals surface area contributed by atoms with Gasteiger partial charge >= 0.3 is 0 Å². The van der Waals surface area contributed by atoms with Gasteiger partial charge in [0.05, 0.1) is 13.2 Å². The number of para-hydroxylation sites is 1. The highest BCUT2D eigenvalue weighted by atomic mass is 16.3. The van der Waals surface area contributed by atoms with Gasteiger partial charge in [-0.25, -0.2) is 0 Å². The molecule has 0 spiro atoms. The topological polar surface area (TPSA) is 45.4 Å². The number of fused-ring (bicyclic) bond motifs is 3. The maximum absolute atomic E-state index is 9.74. The fourth-order valence-corrected chi connectivity index (χ4v) is 3.59. The molecular formula is C17H21NO2. The number of aliphatic hydroxyl groups excluding tert-OH is 2. The Balaban J connectivity index is 2.26. The first-order valence-electron chi connectivity index (χ1n) is 7.06. The van der Waals surface area contributed by atoms with Gasteiger partial charge in [0.1, 0.15) is 0 Å². The zero-order chi connectivity index (χ0) is 14.3. The first-order chi connectivity index (χ1) is 9.65. The van der Waals surface area contributed by atoms with Crippen molar-refractivity contribution in [1.82, 2.24) is 4.57 Å². The van der Waals surface area contributed by atoms with Crippen LogP contribution >= 0.6 is 0 Å². The van der Waals surface area contributed by atoms with Crippen molar-refractivity contribution in [3.05, 3.63) is 48.2 Å². The van der Waals surface area contributed by atoms with E-state index in [2.05, 4.69) is 36.4 Å². The van der Waals surface area contributed by atoms with E-state index in [0.29, 0.717) is 6.42 Å². The van der Waals surface area contributed by atoms with E-state index in [1.165, 1.54) is 22.2 Å². The summed E-state index contributed by atoms with van der Waals surface area (Å²) in [4.78, 5) is 0. The van der Waals surface area contributed by atoms with Crippen molar-refractivity contribution in [2.45, 2.75) is 18.8 Å². The molecule has 106 valence electrons. The summed E-state index contributed by atoms with van der Waals surface area (Å²) in [6, 6.07) is 8.37. The van der Waals surface area contributed by atoms with Gasteiger partial charge in [-0.15, -0.1) is 6.58 Å². The molecule has 0 bridgehead atoms. The molecule has 1 aromatic heterocycles. The Labute approximate surface area is 119 Å². The van der Waals surface area contributed by atoms with Crippen molar-refractivity contribution >= 4 is 10.9 Å². The van der Waals surface area contributed by atoms with Crippen molar-refractivity contribution in [3.63, 3.8) is 0 Å². The molecule has 3 rings (SSSR count). The average Bonchev–Trinajstić information content (AvgIpc) is 2.80. The molecule has 0 saturated carbocycles. The molecule has 1 unspecified atom stereocenters. The number of aliphatic hydroxyl groups is 2. The van der Waals surface area contributed by atoms with Crippen LogP contribution in [-0.2, 0) is 13.5 Å². The molecule has 1 aromatic carbocycles. The number of hydrogen-bond acceptors (Lipinski definition) is 2. The minimum absolute atomic E-state index is 0.00874. The highest BCUT2D eigenvalue weighted by Crippen LogP contribution is 2.46. The van der Waals surface area contributed by atoms with Crippen molar-refractivity contribution in [1.29, 1.82) is 0 Å². The smallest absolute Gasteiger partial charge is 0.0513 e. The standard InChI is InChI=1S/C17H21NO2/c1-3-12-8-17(10-19,11-20)9-15-16(12)13-6-4-5-7-14(13)18(15)2/h3-7,12,19-20H,1,8-11H2,2H3. The zero-order valence-corrected chi connectivity index (χ0v) is 11.8. The number of hydrogen-bond donors (Lipinski definition) is 2. The van der Waals surface area contributed by atoms with Gasteiger partial charge in [0, 0.05) is 35.0 Å². The molecule has 0 radical (unpaired) electrons. The van der Waals surface area contributed by atoms with Gasteiger partial charge in [-0.1, -0.05) is 24.3 Å². The van der Waals surface area contributed by atoms with Gasteiger partial charge in [0.25, 0.3) is 0 Å². The lowest BCUT2D eigenvalue weighted by Gasteiger charge is -2.38. The van der Waals surface area contributed by atoms with Gasteiger partial charge in [-0.2, -0.15) is 0 Å². The number of aromatic nitrogens is 1. The third kappa shape index (κ3) is 1.74. The lowest BCUT2D eigenvalue weighted by molar-refractivity contribution is 0.0378. The third-order valence-electron chi connectivity index (χ3n) is 4.79. The van der Waals surface area contributed by atoms with Gasteiger partial charge in [0.2, 0.25) is 0 Å². The highest BCUT2D eigenvalue weighted by Gasteiger charge is 2.40. The second-order valence-electron chi connectivity index (χ2n) is 5.98. The van der Waals surface area contributed by atoms with Crippen LogP contribution in [0, 0.1) is 5.41 Å². The van der Waals surface area contributed by atoms with E-state index in [1.54, 1.807) is 0 Å². The Hall–Kier alpha value is -1.58. The number of rotatable bonds is 3. The van der Waals surface area contributed by atoms with Crippen LogP contribution in [-0.4, -0.2) is 28.0 Å². The quantitative estimate of drug-likeness (QED) is 0.842. The summed E-state index contributed by atoms with van der Waals surface area (Å²) in [7, 11) is 2.06. The van der Waals surface area contributed by atoms with Gasteiger partial charge in [0.15, 0.2) is 0 Å². The molecule has 3 heteroatoms. The molecule has 0 fully saturated rings. The summed E-state index contributed by atoms with van der Waals surface area (Å²) in [5.41, 5.74) is 3.30. The largest absolute Gasteiger partial charge is 0.396 e. The minimum Gasteiger partial charge on any atom is -0.396 e. The van der Waals surface area contributed by atoms with E-state index in [4.69, 9.17) is 0 Å². The Morgan fingerprint density at radius 2 is 2.05 bits per heavy atom. The second-order valence-corrected chi connectivity index (χ2v) is 5.98. The van der Waals surface area contributed by atoms with Crippen molar-refractivity contribution in [3.8, 4) is 0 Å². The fourth-order valence-electron chi connectivity index (χ4n) is 3.59. The van der Waals surface area contributed by atoms with E-state index < -0.39 is 5.41 Å². The van der Waals surface area contributed by atoms with E-state index in [0.717, 1.165) is 6.42 Å². The van der Waals surface area contributed by atoms with Crippen LogP contribution in [0.5, 0.6) is 0 Å². The number of benzene rings is 1. The lowest BCUT2D eigenvalue weighted by atomic mass is 9.69. The van der Waals surface area contributed by atoms with Crippen molar-refractivity contribution < 1.29 is 10.2 Å². The first kappa shape index (κ1) is 13.4. The van der Waals surface area contributed by atoms with Gasteiger partial charge in [-0.3, -0.25) is 0 Å². The molecular weight excluding hydrogens is 250 g/mol. The summed E-state index contributed by atoms with van der Waals surface area (Å²) in [6.45, 7) is 3.98. The molecule has 1 atom stereocenters. The predicted molar refractivity (Wildman–Crippen MR) is 80.8 cm³/mol. The van der Waals surface area contributed by atoms with Crippen LogP contribution in [0.25, 0.3) is 10.9 Å². The van der Waals surface area contributed by atoms with Crippen LogP contribution in [0.2, 0.25) is 0 Å². The summed E-state index contributed by atoms with van der Waals surface area (Å²) >= 11 is 0. The van der Waals surface area contributed by atoms with Crippen LogP contribution in [0.1, 0.15) is 23.6 Å². The molecule has 1 aliphatic carbocycles. The molecule has 20 heavy (non-hydrogen) atoms. The number of allylic oxidation sites excluding steroid dienone is 1. The third-order valence-corrected chi connectivity index (χ3v) is 4.79. The van der Waals surface area contributed by atoms with Gasteiger partial charge in [-0.05, 0) is 24.5 Å². The summed E-state index contributed by atoms with van der Waals surface area (Å²) in [6.07, 6.45) is 3.42. The average molecular weight is 271 g/mol. The predicted octanol–water partition coefficient (Wildman–Crippen LogP) is 2.37. The Morgan fingerprint density at radius 1 is 1.35 bits per heavy atom. The van der Waals surface area contributed by atoms with Crippen molar-refractivity contribution in [2.24, 2.45) is 12.5 Å². The molecule has 0 amide bonds. The number of aryl methyl sites for hydroxylation is 1. The number of nitrogens with zero attached hydrogens (tertiary/aromatic N) is 1. The van der Waals surface area contributed by atoms with E-state index in [-0.39, 0.29) is 19.1 Å². The first-order valence-corrected chi connectivity index (χ1v) is 7.06. The minimum atomic E-state index is -0.437. The molecule has 1 aliphatic rings. The second kappa shape index (κ2) is 4.76. The maximum atomic E-state index is 9.74. The van der Waals surface area contributed by atoms with E-state index in [1.807, 2.05) is 12.1 Å². The van der Waals surface area contributed by atoms with E-state index >= 15 is 0 Å². The van der Waals surface area contributed by atoms with Crippen LogP contribution in [0.3, 0.4) is 0 Å². The molecule has 3 nitrogen and oxygen atoms in total. The molecule has 0 aliphatic heterocycles. The van der Waals surface area contributed by atoms with E-state index in [9.17, 15) is 10.2 Å². The molecule has 1 heterocycles. The van der Waals surface area contributed by atoms with Gasteiger partial charge < -0.3 is 14.8 Å². The molecule has 2 N–H and O–H groups in total. The summed E-state index contributed by atoms with van der Waals surface area (Å²) in [5.74, 6) is 0.184. The Kier molecular flexibility index (Phi) is 3.19. The Morgan fingerprint density at radius 3 is 2.70 bits per heavy atom. The summed E-state index contributed by atoms with van der Waals surface area (Å²) in [5, 5.41) is 20.7.